The molecule has 1 saturated heterocycles. The molecule has 2 amide bonds. The summed E-state index contributed by atoms with van der Waals surface area (Å²) >= 11 is 0. The first kappa shape index (κ1) is 15.5. The summed E-state index contributed by atoms with van der Waals surface area (Å²) in [4.78, 5) is 36.9. The van der Waals surface area contributed by atoms with Gasteiger partial charge in [-0.15, -0.1) is 0 Å². The van der Waals surface area contributed by atoms with Crippen LogP contribution in [0.15, 0.2) is 12.2 Å². The molecule has 1 aliphatic carbocycles. The number of piperazine rings is 1. The summed E-state index contributed by atoms with van der Waals surface area (Å²) in [6, 6.07) is 0. The molecule has 2 rings (SSSR count). The molecule has 2 unspecified atom stereocenters. The van der Waals surface area contributed by atoms with Gasteiger partial charge in [-0.05, 0) is 12.8 Å². The molecule has 7 heteroatoms. The minimum Gasteiger partial charge on any atom is -0.481 e. The van der Waals surface area contributed by atoms with Crippen molar-refractivity contribution in [1.29, 1.82) is 0 Å². The van der Waals surface area contributed by atoms with Crippen LogP contribution in [0.5, 0.6) is 0 Å². The van der Waals surface area contributed by atoms with E-state index in [-0.39, 0.29) is 18.4 Å². The zero-order valence-electron chi connectivity index (χ0n) is 11.9. The van der Waals surface area contributed by atoms with E-state index in [1.54, 1.807) is 11.0 Å². The highest BCUT2D eigenvalue weighted by Crippen LogP contribution is 2.25. The molecule has 3 N–H and O–H groups in total. The monoisotopic (exact) mass is 295 g/mol. The number of aliphatic carboxylic acids is 1. The lowest BCUT2D eigenvalue weighted by atomic mass is 9.82. The lowest BCUT2D eigenvalue weighted by molar-refractivity contribution is -0.147. The van der Waals surface area contributed by atoms with Crippen molar-refractivity contribution >= 4 is 17.8 Å². The van der Waals surface area contributed by atoms with Crippen molar-refractivity contribution < 1.29 is 19.5 Å². The molecule has 1 aliphatic heterocycles. The Hall–Kier alpha value is -1.89. The standard InChI is InChI=1S/C14H21N3O4/c18-12(17-7-5-15-6-8-17)9-16-13(19)10-3-1-2-4-11(10)14(20)21/h1-2,10-11,15H,3-9H2,(H,16,19)(H,20,21). The number of nitrogens with zero attached hydrogens (tertiary/aromatic N) is 1. The minimum absolute atomic E-state index is 0.0641. The molecular weight excluding hydrogens is 274 g/mol. The molecule has 0 aromatic rings. The molecule has 0 aromatic carbocycles. The Kier molecular flexibility index (Phi) is 5.32. The molecule has 0 bridgehead atoms. The Morgan fingerprint density at radius 2 is 1.76 bits per heavy atom. The van der Waals surface area contributed by atoms with Crippen LogP contribution in [0.1, 0.15) is 12.8 Å². The number of amides is 2. The Morgan fingerprint density at radius 3 is 2.38 bits per heavy atom. The molecule has 7 nitrogen and oxygen atoms in total. The molecule has 1 fully saturated rings. The second-order valence-electron chi connectivity index (χ2n) is 5.34. The van der Waals surface area contributed by atoms with Crippen LogP contribution in [0, 0.1) is 11.8 Å². The third-order valence-electron chi connectivity index (χ3n) is 3.97. The van der Waals surface area contributed by atoms with Crippen LogP contribution >= 0.6 is 0 Å². The lowest BCUT2D eigenvalue weighted by Gasteiger charge is -2.28. The van der Waals surface area contributed by atoms with E-state index < -0.39 is 17.8 Å². The van der Waals surface area contributed by atoms with Crippen LogP contribution < -0.4 is 10.6 Å². The number of hydrogen-bond donors (Lipinski definition) is 3. The van der Waals surface area contributed by atoms with Crippen molar-refractivity contribution in [3.63, 3.8) is 0 Å². The van der Waals surface area contributed by atoms with Gasteiger partial charge in [0.15, 0.2) is 0 Å². The normalized spacial score (nSPS) is 25.4. The first-order chi connectivity index (χ1) is 10.1. The predicted molar refractivity (Wildman–Crippen MR) is 75.4 cm³/mol. The van der Waals surface area contributed by atoms with Crippen molar-refractivity contribution in [3.8, 4) is 0 Å². The summed E-state index contributed by atoms with van der Waals surface area (Å²) < 4.78 is 0. The molecule has 21 heavy (non-hydrogen) atoms. The van der Waals surface area contributed by atoms with Gasteiger partial charge in [-0.1, -0.05) is 12.2 Å². The van der Waals surface area contributed by atoms with Gasteiger partial charge in [-0.25, -0.2) is 0 Å². The highest BCUT2D eigenvalue weighted by Gasteiger charge is 2.34. The topological polar surface area (TPSA) is 98.7 Å². The lowest BCUT2D eigenvalue weighted by Crippen LogP contribution is -2.50. The minimum atomic E-state index is -0.965. The van der Waals surface area contributed by atoms with E-state index in [0.29, 0.717) is 25.9 Å². The third kappa shape index (κ3) is 4.04. The second kappa shape index (κ2) is 7.21. The third-order valence-corrected chi connectivity index (χ3v) is 3.97. The van der Waals surface area contributed by atoms with Crippen molar-refractivity contribution in [1.82, 2.24) is 15.5 Å². The van der Waals surface area contributed by atoms with Crippen LogP contribution in [0.25, 0.3) is 0 Å². The number of carbonyl (C=O) groups is 3. The van der Waals surface area contributed by atoms with Gasteiger partial charge >= 0.3 is 5.97 Å². The fourth-order valence-electron chi connectivity index (χ4n) is 2.70. The van der Waals surface area contributed by atoms with Crippen molar-refractivity contribution in [2.24, 2.45) is 11.8 Å². The zero-order chi connectivity index (χ0) is 15.2. The number of carbonyl (C=O) groups excluding carboxylic acids is 2. The van der Waals surface area contributed by atoms with Gasteiger partial charge < -0.3 is 20.6 Å². The number of rotatable bonds is 4. The van der Waals surface area contributed by atoms with Crippen LogP contribution in [0.2, 0.25) is 0 Å². The van der Waals surface area contributed by atoms with E-state index in [9.17, 15) is 14.4 Å². The summed E-state index contributed by atoms with van der Waals surface area (Å²) in [7, 11) is 0. The molecule has 1 heterocycles. The number of nitrogens with one attached hydrogen (secondary N) is 2. The van der Waals surface area contributed by atoms with Gasteiger partial charge in [0.2, 0.25) is 11.8 Å². The van der Waals surface area contributed by atoms with Gasteiger partial charge in [-0.2, -0.15) is 0 Å². The maximum absolute atomic E-state index is 12.1. The molecule has 0 aromatic heterocycles. The first-order valence-electron chi connectivity index (χ1n) is 7.23. The SMILES string of the molecule is O=C(O)C1CC=CCC1C(=O)NCC(=O)N1CCNCC1. The Bertz CT molecular complexity index is 444. The molecule has 0 radical (unpaired) electrons. The van der Waals surface area contributed by atoms with E-state index in [1.807, 2.05) is 6.08 Å². The van der Waals surface area contributed by atoms with Crippen molar-refractivity contribution in [3.05, 3.63) is 12.2 Å². The molecular formula is C14H21N3O4. The van der Waals surface area contributed by atoms with Gasteiger partial charge in [0.25, 0.3) is 0 Å². The summed E-state index contributed by atoms with van der Waals surface area (Å²) in [6.07, 6.45) is 4.38. The zero-order valence-corrected chi connectivity index (χ0v) is 11.9. The van der Waals surface area contributed by atoms with Crippen LogP contribution in [0.3, 0.4) is 0 Å². The molecule has 0 saturated carbocycles. The first-order valence-corrected chi connectivity index (χ1v) is 7.23. The van der Waals surface area contributed by atoms with Gasteiger partial charge in [0.1, 0.15) is 0 Å². The fraction of sp³-hybridized carbons (Fsp3) is 0.643. The largest absolute Gasteiger partial charge is 0.481 e. The Labute approximate surface area is 123 Å². The quantitative estimate of drug-likeness (QED) is 0.590. The summed E-state index contributed by atoms with van der Waals surface area (Å²) in [5, 5.41) is 14.9. The van der Waals surface area contributed by atoms with Gasteiger partial charge in [0, 0.05) is 26.2 Å². The average molecular weight is 295 g/mol. The number of carboxylic acid groups (broad SMARTS) is 1. The van der Waals surface area contributed by atoms with Crippen molar-refractivity contribution in [2.75, 3.05) is 32.7 Å². The molecule has 2 aliphatic rings. The summed E-state index contributed by atoms with van der Waals surface area (Å²) in [6.45, 7) is 2.73. The van der Waals surface area contributed by atoms with E-state index >= 15 is 0 Å². The highest BCUT2D eigenvalue weighted by atomic mass is 16.4. The van der Waals surface area contributed by atoms with E-state index in [0.717, 1.165) is 13.1 Å². The smallest absolute Gasteiger partial charge is 0.307 e. The summed E-state index contributed by atoms with van der Waals surface area (Å²) in [5.74, 6) is -2.74. The number of allylic oxidation sites excluding steroid dienone is 2. The Morgan fingerprint density at radius 1 is 1.14 bits per heavy atom. The molecule has 2 atom stereocenters. The van der Waals surface area contributed by atoms with Gasteiger partial charge in [0.05, 0.1) is 18.4 Å². The van der Waals surface area contributed by atoms with Gasteiger partial charge in [-0.3, -0.25) is 14.4 Å². The number of hydrogen-bond acceptors (Lipinski definition) is 4. The van der Waals surface area contributed by atoms with E-state index in [4.69, 9.17) is 5.11 Å². The number of carboxylic acids is 1. The molecule has 116 valence electrons. The molecule has 0 spiro atoms. The summed E-state index contributed by atoms with van der Waals surface area (Å²) in [5.41, 5.74) is 0. The van der Waals surface area contributed by atoms with E-state index in [1.165, 1.54) is 0 Å². The second-order valence-corrected chi connectivity index (χ2v) is 5.34. The average Bonchev–Trinajstić information content (AvgIpc) is 2.53. The van der Waals surface area contributed by atoms with Crippen LogP contribution in [0.4, 0.5) is 0 Å². The highest BCUT2D eigenvalue weighted by molar-refractivity contribution is 5.89. The Balaban J connectivity index is 1.84. The van der Waals surface area contributed by atoms with Crippen molar-refractivity contribution in [2.45, 2.75) is 12.8 Å². The maximum atomic E-state index is 12.1. The maximum Gasteiger partial charge on any atom is 0.307 e. The van der Waals surface area contributed by atoms with E-state index in [2.05, 4.69) is 10.6 Å². The fourth-order valence-corrected chi connectivity index (χ4v) is 2.70. The van der Waals surface area contributed by atoms with Crippen LogP contribution in [-0.4, -0.2) is 60.5 Å². The predicted octanol–water partition coefficient (Wildman–Crippen LogP) is -0.799. The van der Waals surface area contributed by atoms with Crippen LogP contribution in [-0.2, 0) is 14.4 Å².